The Hall–Kier alpha value is -3.83. The highest BCUT2D eigenvalue weighted by Crippen LogP contribution is 2.24. The minimum absolute atomic E-state index is 0.0687. The highest BCUT2D eigenvalue weighted by molar-refractivity contribution is 7.89. The monoisotopic (exact) mass is 435 g/mol. The number of aromatic amines is 1. The smallest absolute Gasteiger partial charge is 0.243 e. The van der Waals surface area contributed by atoms with Crippen LogP contribution in [-0.4, -0.2) is 38.3 Å². The lowest BCUT2D eigenvalue weighted by molar-refractivity contribution is 0.397. The summed E-state index contributed by atoms with van der Waals surface area (Å²) in [6.45, 7) is 0.211. The molecular formula is C20H17N7O3S. The second kappa shape index (κ2) is 8.90. The van der Waals surface area contributed by atoms with Crippen LogP contribution in [-0.2, 0) is 23.1 Å². The number of nitrogens with one attached hydrogen (secondary N) is 1. The van der Waals surface area contributed by atoms with Crippen molar-refractivity contribution in [3.05, 3.63) is 89.1 Å². The van der Waals surface area contributed by atoms with Gasteiger partial charge in [-0.3, -0.25) is 4.98 Å². The molecule has 0 saturated heterocycles. The molecule has 0 unspecified atom stereocenters. The zero-order valence-electron chi connectivity index (χ0n) is 16.2. The Balaban J connectivity index is 1.64. The summed E-state index contributed by atoms with van der Waals surface area (Å²) in [5, 5.41) is 16.6. The molecule has 0 spiro atoms. The van der Waals surface area contributed by atoms with Crippen LogP contribution in [0.15, 0.2) is 83.0 Å². The van der Waals surface area contributed by atoms with Crippen LogP contribution in [0.25, 0.3) is 11.4 Å². The zero-order valence-corrected chi connectivity index (χ0v) is 17.0. The number of hydrogen-bond donors (Lipinski definition) is 1. The third kappa shape index (κ3) is 4.68. The molecule has 0 fully saturated rings. The molecule has 2 aromatic heterocycles. The van der Waals surface area contributed by atoms with Crippen LogP contribution >= 0.6 is 0 Å². The van der Waals surface area contributed by atoms with Gasteiger partial charge in [0.25, 0.3) is 0 Å². The first-order valence-corrected chi connectivity index (χ1v) is 10.7. The van der Waals surface area contributed by atoms with Gasteiger partial charge in [0.05, 0.1) is 17.1 Å². The fraction of sp³-hybridized carbons (Fsp3) is 0.100. The molecule has 10 nitrogen and oxygen atoms in total. The number of pyridine rings is 1. The van der Waals surface area contributed by atoms with Crippen LogP contribution in [0.3, 0.4) is 0 Å². The number of hydrogen-bond acceptors (Lipinski definition) is 8. The van der Waals surface area contributed by atoms with Crippen molar-refractivity contribution in [1.29, 1.82) is 0 Å². The van der Waals surface area contributed by atoms with Crippen molar-refractivity contribution >= 4 is 15.7 Å². The van der Waals surface area contributed by atoms with Gasteiger partial charge in [-0.15, -0.1) is 15.1 Å². The molecule has 31 heavy (non-hydrogen) atoms. The molecule has 4 aromatic rings. The number of rotatable bonds is 8. The normalized spacial score (nSPS) is 11.5. The van der Waals surface area contributed by atoms with Gasteiger partial charge in [0, 0.05) is 18.3 Å². The van der Waals surface area contributed by atoms with E-state index in [1.165, 1.54) is 28.6 Å². The molecule has 2 aromatic carbocycles. The van der Waals surface area contributed by atoms with Crippen molar-refractivity contribution < 1.29 is 8.42 Å². The molecule has 0 radical (unpaired) electrons. The highest BCUT2D eigenvalue weighted by Gasteiger charge is 2.25. The third-order valence-electron chi connectivity index (χ3n) is 4.56. The number of nitroso groups, excluding NO2 is 1. The summed E-state index contributed by atoms with van der Waals surface area (Å²) in [7, 11) is -3.87. The lowest BCUT2D eigenvalue weighted by atomic mass is 10.1. The average Bonchev–Trinajstić information content (AvgIpc) is 3.35. The number of nitrogens with zero attached hydrogens (tertiary/aromatic N) is 6. The predicted molar refractivity (Wildman–Crippen MR) is 112 cm³/mol. The largest absolute Gasteiger partial charge is 0.260 e. The van der Waals surface area contributed by atoms with Crippen molar-refractivity contribution in [2.24, 2.45) is 5.18 Å². The van der Waals surface area contributed by atoms with Crippen molar-refractivity contribution in [2.75, 3.05) is 0 Å². The topological polar surface area (TPSA) is 134 Å². The molecule has 0 aliphatic rings. The van der Waals surface area contributed by atoms with Crippen LogP contribution in [0.2, 0.25) is 0 Å². The first kappa shape index (κ1) is 20.4. The summed E-state index contributed by atoms with van der Waals surface area (Å²) in [4.78, 5) is 15.0. The Morgan fingerprint density at radius 2 is 1.71 bits per heavy atom. The van der Waals surface area contributed by atoms with E-state index in [4.69, 9.17) is 0 Å². The maximum Gasteiger partial charge on any atom is 0.243 e. The summed E-state index contributed by atoms with van der Waals surface area (Å²) in [5.74, 6) is 0.452. The average molecular weight is 435 g/mol. The van der Waals surface area contributed by atoms with Crippen molar-refractivity contribution in [3.63, 3.8) is 0 Å². The predicted octanol–water partition coefficient (Wildman–Crippen LogP) is 3.05. The molecule has 0 aliphatic heterocycles. The molecule has 0 bridgehead atoms. The van der Waals surface area contributed by atoms with E-state index in [0.717, 1.165) is 11.1 Å². The number of H-pyrrole nitrogens is 1. The van der Waals surface area contributed by atoms with Crippen LogP contribution in [0.1, 0.15) is 11.3 Å². The summed E-state index contributed by atoms with van der Waals surface area (Å²) in [5.41, 5.74) is 2.31. The van der Waals surface area contributed by atoms with Gasteiger partial charge in [0.2, 0.25) is 15.8 Å². The molecule has 0 atom stereocenters. The minimum Gasteiger partial charge on any atom is -0.260 e. The van der Waals surface area contributed by atoms with E-state index in [1.807, 2.05) is 12.1 Å². The van der Waals surface area contributed by atoms with Gasteiger partial charge in [0.1, 0.15) is 5.69 Å². The van der Waals surface area contributed by atoms with Crippen molar-refractivity contribution in [2.45, 2.75) is 18.0 Å². The molecule has 0 aliphatic carbocycles. The Bertz CT molecular complexity index is 1240. The molecule has 11 heteroatoms. The highest BCUT2D eigenvalue weighted by atomic mass is 32.2. The van der Waals surface area contributed by atoms with Crippen molar-refractivity contribution in [3.8, 4) is 11.4 Å². The summed E-state index contributed by atoms with van der Waals surface area (Å²) in [6.07, 6.45) is 1.62. The summed E-state index contributed by atoms with van der Waals surface area (Å²) < 4.78 is 28.0. The molecule has 156 valence electrons. The first-order valence-electron chi connectivity index (χ1n) is 9.22. The van der Waals surface area contributed by atoms with Gasteiger partial charge in [-0.1, -0.05) is 30.3 Å². The number of benzene rings is 2. The molecule has 2 heterocycles. The molecule has 0 amide bonds. The van der Waals surface area contributed by atoms with Crippen LogP contribution < -0.4 is 0 Å². The zero-order chi connectivity index (χ0) is 21.7. The lowest BCUT2D eigenvalue weighted by Crippen LogP contribution is -2.30. The maximum absolute atomic E-state index is 13.4. The van der Waals surface area contributed by atoms with E-state index in [-0.39, 0.29) is 23.7 Å². The Morgan fingerprint density at radius 3 is 2.32 bits per heavy atom. The van der Waals surface area contributed by atoms with E-state index in [9.17, 15) is 13.3 Å². The second-order valence-corrected chi connectivity index (χ2v) is 8.55. The standard InChI is InChI=1S/C20H17N7O3S/c28-24-17-8-10-19(11-9-17)31(29,30)27(14-18-3-1-2-12-21-18)13-15-4-6-16(7-5-15)20-22-25-26-23-20/h1-12H,13-14H2,(H,22,23,25,26). The Morgan fingerprint density at radius 1 is 0.935 bits per heavy atom. The summed E-state index contributed by atoms with van der Waals surface area (Å²) >= 11 is 0. The lowest BCUT2D eigenvalue weighted by Gasteiger charge is -2.22. The van der Waals surface area contributed by atoms with E-state index in [0.29, 0.717) is 11.5 Å². The van der Waals surface area contributed by atoms with Gasteiger partial charge in [-0.2, -0.15) is 9.52 Å². The fourth-order valence-electron chi connectivity index (χ4n) is 2.97. The number of aromatic nitrogens is 5. The van der Waals surface area contributed by atoms with Gasteiger partial charge >= 0.3 is 0 Å². The van der Waals surface area contributed by atoms with E-state index < -0.39 is 10.0 Å². The Kier molecular flexibility index (Phi) is 5.87. The van der Waals surface area contributed by atoms with E-state index in [2.05, 4.69) is 30.8 Å². The van der Waals surface area contributed by atoms with Gasteiger partial charge < -0.3 is 0 Å². The van der Waals surface area contributed by atoms with E-state index >= 15 is 0 Å². The quantitative estimate of drug-likeness (QED) is 0.420. The molecule has 1 N–H and O–H groups in total. The molecule has 0 saturated carbocycles. The van der Waals surface area contributed by atoms with Crippen LogP contribution in [0, 0.1) is 4.91 Å². The fourth-order valence-corrected chi connectivity index (χ4v) is 4.37. The van der Waals surface area contributed by atoms with E-state index in [1.54, 1.807) is 36.5 Å². The van der Waals surface area contributed by atoms with Crippen LogP contribution in [0.5, 0.6) is 0 Å². The SMILES string of the molecule is O=Nc1ccc(S(=O)(=O)N(Cc2ccc(-c3nn[nH]n3)cc2)Cc2ccccn2)cc1. The molecular weight excluding hydrogens is 418 g/mol. The van der Waals surface area contributed by atoms with Gasteiger partial charge in [-0.25, -0.2) is 8.42 Å². The van der Waals surface area contributed by atoms with Gasteiger partial charge in [-0.05, 0) is 52.4 Å². The van der Waals surface area contributed by atoms with Crippen LogP contribution in [0.4, 0.5) is 5.69 Å². The minimum atomic E-state index is -3.87. The molecule has 4 rings (SSSR count). The third-order valence-corrected chi connectivity index (χ3v) is 6.37. The number of sulfonamides is 1. The Labute approximate surface area is 178 Å². The van der Waals surface area contributed by atoms with Gasteiger partial charge in [0.15, 0.2) is 0 Å². The summed E-state index contributed by atoms with van der Waals surface area (Å²) in [6, 6.07) is 18.1. The number of tetrazole rings is 1. The van der Waals surface area contributed by atoms with Crippen molar-refractivity contribution in [1.82, 2.24) is 29.9 Å². The maximum atomic E-state index is 13.4. The first-order chi connectivity index (χ1) is 15.1. The second-order valence-electron chi connectivity index (χ2n) is 6.61.